The number of piperidine rings is 1. The van der Waals surface area contributed by atoms with Gasteiger partial charge in [0.2, 0.25) is 5.91 Å². The van der Waals surface area contributed by atoms with Crippen LogP contribution in [0.4, 0.5) is 0 Å². The van der Waals surface area contributed by atoms with E-state index in [2.05, 4.69) is 45.6 Å². The van der Waals surface area contributed by atoms with E-state index in [1.54, 1.807) is 0 Å². The lowest BCUT2D eigenvalue weighted by Crippen LogP contribution is -2.36. The van der Waals surface area contributed by atoms with E-state index >= 15 is 0 Å². The van der Waals surface area contributed by atoms with Crippen molar-refractivity contribution >= 4 is 21.8 Å². The van der Waals surface area contributed by atoms with Crippen LogP contribution in [-0.2, 0) is 11.2 Å². The predicted molar refractivity (Wildman–Crippen MR) is 90.2 cm³/mol. The van der Waals surface area contributed by atoms with Crippen molar-refractivity contribution in [3.8, 4) is 0 Å². The van der Waals surface area contributed by atoms with Gasteiger partial charge in [0.15, 0.2) is 0 Å². The Morgan fingerprint density at radius 3 is 2.86 bits per heavy atom. The van der Waals surface area contributed by atoms with Gasteiger partial charge in [0, 0.05) is 17.4 Å². The molecule has 4 heteroatoms. The highest BCUT2D eigenvalue weighted by Gasteiger charge is 2.21. The molecule has 0 aliphatic carbocycles. The minimum atomic E-state index is 0.185. The first-order valence-corrected chi connectivity index (χ1v) is 8.66. The van der Waals surface area contributed by atoms with E-state index in [-0.39, 0.29) is 5.91 Å². The van der Waals surface area contributed by atoms with Crippen LogP contribution in [0.25, 0.3) is 0 Å². The van der Waals surface area contributed by atoms with Crippen molar-refractivity contribution < 1.29 is 4.79 Å². The first-order chi connectivity index (χ1) is 10.1. The fourth-order valence-electron chi connectivity index (χ4n) is 2.89. The Hall–Kier alpha value is -0.870. The van der Waals surface area contributed by atoms with E-state index in [9.17, 15) is 4.79 Å². The van der Waals surface area contributed by atoms with Crippen LogP contribution in [0.2, 0.25) is 0 Å². The molecule has 1 heterocycles. The van der Waals surface area contributed by atoms with Gasteiger partial charge in [0.1, 0.15) is 0 Å². The van der Waals surface area contributed by atoms with Crippen LogP contribution in [0.15, 0.2) is 28.7 Å². The molecule has 2 N–H and O–H groups in total. The SMILES string of the molecule is CC(CC(=O)NCCc1ccc(Br)cc1)C1CCCNC1. The highest BCUT2D eigenvalue weighted by molar-refractivity contribution is 9.10. The van der Waals surface area contributed by atoms with Gasteiger partial charge in [-0.3, -0.25) is 4.79 Å². The van der Waals surface area contributed by atoms with Crippen molar-refractivity contribution in [3.63, 3.8) is 0 Å². The molecule has 3 nitrogen and oxygen atoms in total. The largest absolute Gasteiger partial charge is 0.356 e. The van der Waals surface area contributed by atoms with Crippen LogP contribution >= 0.6 is 15.9 Å². The maximum Gasteiger partial charge on any atom is 0.220 e. The summed E-state index contributed by atoms with van der Waals surface area (Å²) in [6, 6.07) is 8.25. The second-order valence-corrected chi connectivity index (χ2v) is 6.93. The number of amides is 1. The van der Waals surface area contributed by atoms with Gasteiger partial charge in [0.25, 0.3) is 0 Å². The van der Waals surface area contributed by atoms with Crippen molar-refractivity contribution in [1.82, 2.24) is 10.6 Å². The highest BCUT2D eigenvalue weighted by Crippen LogP contribution is 2.22. The van der Waals surface area contributed by atoms with Crippen molar-refractivity contribution in [2.24, 2.45) is 11.8 Å². The molecule has 1 amide bonds. The minimum Gasteiger partial charge on any atom is -0.356 e. The molecule has 0 radical (unpaired) electrons. The first kappa shape index (κ1) is 16.5. The van der Waals surface area contributed by atoms with Crippen molar-refractivity contribution in [3.05, 3.63) is 34.3 Å². The summed E-state index contributed by atoms with van der Waals surface area (Å²) in [6.07, 6.45) is 4.02. The van der Waals surface area contributed by atoms with Crippen molar-refractivity contribution in [2.45, 2.75) is 32.6 Å². The van der Waals surface area contributed by atoms with Crippen molar-refractivity contribution in [2.75, 3.05) is 19.6 Å². The van der Waals surface area contributed by atoms with Crippen LogP contribution < -0.4 is 10.6 Å². The number of hydrogen-bond donors (Lipinski definition) is 2. The Morgan fingerprint density at radius 1 is 1.43 bits per heavy atom. The van der Waals surface area contributed by atoms with Gasteiger partial charge >= 0.3 is 0 Å². The Balaban J connectivity index is 1.65. The molecule has 1 aliphatic heterocycles. The van der Waals surface area contributed by atoms with E-state index in [1.807, 2.05) is 12.1 Å². The lowest BCUT2D eigenvalue weighted by Gasteiger charge is -2.28. The second-order valence-electron chi connectivity index (χ2n) is 6.01. The standard InChI is InChI=1S/C17H25BrN2O/c1-13(15-3-2-9-19-12-15)11-17(21)20-10-8-14-4-6-16(18)7-5-14/h4-7,13,15,19H,2-3,8-12H2,1H3,(H,20,21). The molecule has 0 spiro atoms. The van der Waals surface area contributed by atoms with E-state index in [0.717, 1.165) is 30.5 Å². The maximum atomic E-state index is 12.0. The van der Waals surface area contributed by atoms with Crippen LogP contribution in [0, 0.1) is 11.8 Å². The van der Waals surface area contributed by atoms with E-state index in [0.29, 0.717) is 18.3 Å². The number of halogens is 1. The summed E-state index contributed by atoms with van der Waals surface area (Å²) in [4.78, 5) is 12.0. The molecule has 2 rings (SSSR count). The number of carbonyl (C=O) groups excluding carboxylic acids is 1. The lowest BCUT2D eigenvalue weighted by molar-refractivity contribution is -0.122. The third-order valence-electron chi connectivity index (χ3n) is 4.30. The molecule has 0 aromatic heterocycles. The Kier molecular flexibility index (Phi) is 6.71. The molecule has 2 atom stereocenters. The quantitative estimate of drug-likeness (QED) is 0.825. The monoisotopic (exact) mass is 352 g/mol. The average molecular weight is 353 g/mol. The summed E-state index contributed by atoms with van der Waals surface area (Å²) >= 11 is 3.43. The van der Waals surface area contributed by atoms with Crippen LogP contribution in [-0.4, -0.2) is 25.5 Å². The number of carbonyl (C=O) groups is 1. The van der Waals surface area contributed by atoms with Gasteiger partial charge in [-0.15, -0.1) is 0 Å². The summed E-state index contributed by atoms with van der Waals surface area (Å²) in [5, 5.41) is 6.47. The fourth-order valence-corrected chi connectivity index (χ4v) is 3.16. The molecular formula is C17H25BrN2O. The Labute approximate surface area is 136 Å². The topological polar surface area (TPSA) is 41.1 Å². The van der Waals surface area contributed by atoms with E-state index in [1.165, 1.54) is 18.4 Å². The first-order valence-electron chi connectivity index (χ1n) is 7.87. The van der Waals surface area contributed by atoms with Gasteiger partial charge in [-0.25, -0.2) is 0 Å². The molecule has 2 unspecified atom stereocenters. The smallest absolute Gasteiger partial charge is 0.220 e. The second kappa shape index (κ2) is 8.54. The molecule has 1 aliphatic rings. The summed E-state index contributed by atoms with van der Waals surface area (Å²) in [6.45, 7) is 5.11. The molecule has 116 valence electrons. The van der Waals surface area contributed by atoms with E-state index in [4.69, 9.17) is 0 Å². The van der Waals surface area contributed by atoms with Gasteiger partial charge in [0.05, 0.1) is 0 Å². The van der Waals surface area contributed by atoms with Gasteiger partial charge in [-0.05, 0) is 61.9 Å². The molecule has 1 fully saturated rings. The summed E-state index contributed by atoms with van der Waals surface area (Å²) < 4.78 is 1.09. The van der Waals surface area contributed by atoms with Crippen LogP contribution in [0.1, 0.15) is 31.7 Å². The Morgan fingerprint density at radius 2 is 2.19 bits per heavy atom. The molecule has 1 aromatic rings. The van der Waals surface area contributed by atoms with Crippen LogP contribution in [0.3, 0.4) is 0 Å². The number of nitrogens with one attached hydrogen (secondary N) is 2. The van der Waals surface area contributed by atoms with Gasteiger partial charge in [-0.1, -0.05) is 35.0 Å². The molecule has 0 bridgehead atoms. The Bertz CT molecular complexity index is 441. The third-order valence-corrected chi connectivity index (χ3v) is 4.82. The summed E-state index contributed by atoms with van der Waals surface area (Å²) in [7, 11) is 0. The number of benzene rings is 1. The van der Waals surface area contributed by atoms with E-state index < -0.39 is 0 Å². The minimum absolute atomic E-state index is 0.185. The zero-order valence-corrected chi connectivity index (χ0v) is 14.3. The zero-order valence-electron chi connectivity index (χ0n) is 12.7. The van der Waals surface area contributed by atoms with Gasteiger partial charge in [-0.2, -0.15) is 0 Å². The number of rotatable bonds is 6. The van der Waals surface area contributed by atoms with Gasteiger partial charge < -0.3 is 10.6 Å². The highest BCUT2D eigenvalue weighted by atomic mass is 79.9. The molecule has 21 heavy (non-hydrogen) atoms. The predicted octanol–water partition coefficient (Wildman–Crippen LogP) is 3.13. The molecular weight excluding hydrogens is 328 g/mol. The summed E-state index contributed by atoms with van der Waals surface area (Å²) in [5.74, 6) is 1.30. The normalized spacial score (nSPS) is 20.0. The molecule has 1 aromatic carbocycles. The van der Waals surface area contributed by atoms with Crippen molar-refractivity contribution in [1.29, 1.82) is 0 Å². The fraction of sp³-hybridized carbons (Fsp3) is 0.588. The van der Waals surface area contributed by atoms with Crippen LogP contribution in [0.5, 0.6) is 0 Å². The lowest BCUT2D eigenvalue weighted by atomic mass is 9.85. The third kappa shape index (κ3) is 5.79. The molecule has 1 saturated heterocycles. The maximum absolute atomic E-state index is 12.0. The average Bonchev–Trinajstić information content (AvgIpc) is 2.50. The zero-order chi connectivity index (χ0) is 15.1. The number of hydrogen-bond acceptors (Lipinski definition) is 2. The summed E-state index contributed by atoms with van der Waals surface area (Å²) in [5.41, 5.74) is 1.25. The molecule has 0 saturated carbocycles.